The largest absolute Gasteiger partial charge is 0.478 e. The number of benzene rings is 1. The van der Waals surface area contributed by atoms with Gasteiger partial charge in [-0.1, -0.05) is 60.6 Å². The lowest BCUT2D eigenvalue weighted by atomic mass is 9.83. The maximum Gasteiger partial charge on any atom is 0.331 e. The third kappa shape index (κ3) is 9.54. The molecule has 0 radical (unpaired) electrons. The molecule has 188 valence electrons. The minimum atomic E-state index is -0.949. The summed E-state index contributed by atoms with van der Waals surface area (Å²) in [4.78, 5) is 11.3. The number of aliphatic hydroxyl groups is 1. The zero-order chi connectivity index (χ0) is 26.5. The van der Waals surface area contributed by atoms with Gasteiger partial charge >= 0.3 is 5.97 Å². The Morgan fingerprint density at radius 3 is 2.51 bits per heavy atom. The first-order chi connectivity index (χ1) is 18.0. The molecule has 0 aliphatic heterocycles. The molecule has 0 aromatic heterocycles. The molecule has 0 spiro atoms. The summed E-state index contributed by atoms with van der Waals surface area (Å²) in [5, 5.41) is 18.7. The van der Waals surface area contributed by atoms with Gasteiger partial charge in [-0.25, -0.2) is 4.79 Å². The van der Waals surface area contributed by atoms with Crippen molar-refractivity contribution in [2.45, 2.75) is 45.4 Å². The van der Waals surface area contributed by atoms with E-state index in [1.165, 1.54) is 12.8 Å². The Balaban J connectivity index is 1.59. The van der Waals surface area contributed by atoms with Crippen molar-refractivity contribution in [3.05, 3.63) is 95.1 Å². The Labute approximate surface area is 221 Å². The average molecular weight is 491 g/mol. The average Bonchev–Trinajstić information content (AvgIpc) is 2.93. The van der Waals surface area contributed by atoms with Gasteiger partial charge in [0, 0.05) is 29.2 Å². The monoisotopic (exact) mass is 490 g/mol. The Bertz CT molecular complexity index is 1280. The van der Waals surface area contributed by atoms with Crippen molar-refractivity contribution in [1.29, 1.82) is 0 Å². The van der Waals surface area contributed by atoms with Crippen LogP contribution in [-0.2, 0) is 4.79 Å². The number of hydrogen-bond acceptors (Lipinski definition) is 2. The Morgan fingerprint density at radius 2 is 1.86 bits per heavy atom. The molecule has 0 saturated heterocycles. The van der Waals surface area contributed by atoms with Crippen LogP contribution >= 0.6 is 0 Å². The van der Waals surface area contributed by atoms with Crippen LogP contribution in [0, 0.1) is 53.3 Å². The number of allylic oxidation sites excluding steroid dienone is 8. The molecule has 0 amide bonds. The highest BCUT2D eigenvalue weighted by Gasteiger charge is 2.24. The van der Waals surface area contributed by atoms with E-state index in [1.54, 1.807) is 6.08 Å². The molecule has 0 saturated carbocycles. The van der Waals surface area contributed by atoms with Crippen LogP contribution in [0.15, 0.2) is 84.0 Å². The van der Waals surface area contributed by atoms with Crippen molar-refractivity contribution in [3.63, 3.8) is 0 Å². The second kappa shape index (κ2) is 14.6. The standard InChI is InChI=1S/C34H34O3/c1-3-27(15-16-28-9-5-4-6-10-28)21-26(2)13-14-30-19-17-29(18-20-30)11-7-8-12-31-22-32(25-35)24-33(23-31)34(36)37/h3-5,15,17-21,23,28,31-32,35H,1,6,9-10,16,22,24-25H2,2H3,(H,36,37). The lowest BCUT2D eigenvalue weighted by Crippen LogP contribution is -2.20. The predicted octanol–water partition coefficient (Wildman–Crippen LogP) is 6.23. The van der Waals surface area contributed by atoms with Gasteiger partial charge in [-0.2, -0.15) is 0 Å². The van der Waals surface area contributed by atoms with Gasteiger partial charge in [0.25, 0.3) is 0 Å². The second-order valence-corrected chi connectivity index (χ2v) is 9.56. The highest BCUT2D eigenvalue weighted by Crippen LogP contribution is 2.28. The van der Waals surface area contributed by atoms with Crippen LogP contribution < -0.4 is 0 Å². The third-order valence-electron chi connectivity index (χ3n) is 6.53. The fraction of sp³-hybridized carbons (Fsp3) is 0.324. The lowest BCUT2D eigenvalue weighted by Gasteiger charge is -2.22. The summed E-state index contributed by atoms with van der Waals surface area (Å²) in [6.45, 7) is 5.92. The topological polar surface area (TPSA) is 57.5 Å². The molecule has 2 N–H and O–H groups in total. The molecule has 3 nitrogen and oxygen atoms in total. The van der Waals surface area contributed by atoms with Crippen molar-refractivity contribution in [3.8, 4) is 35.5 Å². The highest BCUT2D eigenvalue weighted by molar-refractivity contribution is 5.86. The zero-order valence-corrected chi connectivity index (χ0v) is 21.5. The van der Waals surface area contributed by atoms with E-state index < -0.39 is 5.97 Å². The molecular weight excluding hydrogens is 456 g/mol. The normalized spacial score (nSPS) is 21.2. The van der Waals surface area contributed by atoms with E-state index in [1.807, 2.05) is 37.3 Å². The molecule has 3 atom stereocenters. The van der Waals surface area contributed by atoms with E-state index in [0.717, 1.165) is 41.0 Å². The number of rotatable bonds is 6. The Morgan fingerprint density at radius 1 is 1.11 bits per heavy atom. The van der Waals surface area contributed by atoms with Crippen LogP contribution in [0.3, 0.4) is 0 Å². The van der Waals surface area contributed by atoms with E-state index in [4.69, 9.17) is 0 Å². The summed E-state index contributed by atoms with van der Waals surface area (Å²) in [5.41, 5.74) is 4.16. The van der Waals surface area contributed by atoms with Gasteiger partial charge in [0.05, 0.1) is 0 Å². The number of aliphatic carboxylic acids is 1. The maximum atomic E-state index is 11.3. The van der Waals surface area contributed by atoms with Gasteiger partial charge in [-0.15, -0.1) is 0 Å². The van der Waals surface area contributed by atoms with Crippen LogP contribution in [0.5, 0.6) is 0 Å². The molecule has 2 aliphatic carbocycles. The third-order valence-corrected chi connectivity index (χ3v) is 6.53. The molecule has 0 heterocycles. The van der Waals surface area contributed by atoms with Gasteiger partial charge in [-0.05, 0) is 111 Å². The second-order valence-electron chi connectivity index (χ2n) is 9.56. The van der Waals surface area contributed by atoms with Crippen LogP contribution in [0.1, 0.15) is 56.6 Å². The quantitative estimate of drug-likeness (QED) is 0.282. The summed E-state index contributed by atoms with van der Waals surface area (Å²) in [7, 11) is 0. The molecule has 0 bridgehead atoms. The SMILES string of the molecule is C=CC(C=C(C)C#Cc1ccc(C#CC#CC2C=C(C(=O)O)CC(CO)C2)cc1)=CCC1CC=CCC1. The van der Waals surface area contributed by atoms with Crippen molar-refractivity contribution in [2.75, 3.05) is 6.61 Å². The first-order valence-electron chi connectivity index (χ1n) is 12.8. The van der Waals surface area contributed by atoms with Gasteiger partial charge in [-0.3, -0.25) is 0 Å². The van der Waals surface area contributed by atoms with E-state index in [9.17, 15) is 15.0 Å². The summed E-state index contributed by atoms with van der Waals surface area (Å²) < 4.78 is 0. The number of aliphatic hydroxyl groups excluding tert-OH is 1. The molecule has 1 aromatic carbocycles. The van der Waals surface area contributed by atoms with E-state index in [0.29, 0.717) is 18.4 Å². The minimum absolute atomic E-state index is 0.0381. The molecule has 2 aliphatic rings. The molecular formula is C34H34O3. The molecule has 0 fully saturated rings. The summed E-state index contributed by atoms with van der Waals surface area (Å²) in [5.74, 6) is 17.6. The molecule has 3 unspecified atom stereocenters. The van der Waals surface area contributed by atoms with Gasteiger partial charge in [0.15, 0.2) is 0 Å². The number of carbonyl (C=O) groups is 1. The van der Waals surface area contributed by atoms with E-state index >= 15 is 0 Å². The maximum absolute atomic E-state index is 11.3. The Hall–Kier alpha value is -3.97. The first-order valence-corrected chi connectivity index (χ1v) is 12.8. The molecule has 37 heavy (non-hydrogen) atoms. The molecule has 3 rings (SSSR count). The molecule has 1 aromatic rings. The fourth-order valence-electron chi connectivity index (χ4n) is 4.43. The predicted molar refractivity (Wildman–Crippen MR) is 150 cm³/mol. The van der Waals surface area contributed by atoms with Crippen LogP contribution in [0.4, 0.5) is 0 Å². The number of carboxylic acid groups (broad SMARTS) is 1. The summed E-state index contributed by atoms with van der Waals surface area (Å²) in [6.07, 6.45) is 18.2. The van der Waals surface area contributed by atoms with Crippen LogP contribution in [0.25, 0.3) is 0 Å². The van der Waals surface area contributed by atoms with Gasteiger partial charge < -0.3 is 10.2 Å². The minimum Gasteiger partial charge on any atom is -0.478 e. The van der Waals surface area contributed by atoms with Crippen molar-refractivity contribution in [2.24, 2.45) is 17.8 Å². The summed E-state index contributed by atoms with van der Waals surface area (Å²) >= 11 is 0. The summed E-state index contributed by atoms with van der Waals surface area (Å²) in [6, 6.07) is 7.70. The zero-order valence-electron chi connectivity index (χ0n) is 21.5. The number of carboxylic acids is 1. The van der Waals surface area contributed by atoms with E-state index in [-0.39, 0.29) is 18.4 Å². The van der Waals surface area contributed by atoms with Crippen LogP contribution in [-0.4, -0.2) is 22.8 Å². The number of hydrogen-bond donors (Lipinski definition) is 2. The van der Waals surface area contributed by atoms with Gasteiger partial charge in [0.2, 0.25) is 0 Å². The first kappa shape index (κ1) is 27.6. The highest BCUT2D eigenvalue weighted by atomic mass is 16.4. The van der Waals surface area contributed by atoms with Crippen LogP contribution in [0.2, 0.25) is 0 Å². The molecule has 3 heteroatoms. The van der Waals surface area contributed by atoms with Crippen molar-refractivity contribution < 1.29 is 15.0 Å². The smallest absolute Gasteiger partial charge is 0.331 e. The Kier molecular flexibility index (Phi) is 10.9. The van der Waals surface area contributed by atoms with Gasteiger partial charge in [0.1, 0.15) is 0 Å². The lowest BCUT2D eigenvalue weighted by molar-refractivity contribution is -0.133. The van der Waals surface area contributed by atoms with E-state index in [2.05, 4.69) is 66.4 Å². The van der Waals surface area contributed by atoms with Crippen molar-refractivity contribution in [1.82, 2.24) is 0 Å². The van der Waals surface area contributed by atoms with Crippen molar-refractivity contribution >= 4 is 5.97 Å². The fourth-order valence-corrected chi connectivity index (χ4v) is 4.43.